The molecule has 3 aromatic rings. The molecule has 122 valence electrons. The first-order valence-corrected chi connectivity index (χ1v) is 8.33. The number of aryl methyl sites for hydroxylation is 1. The number of nitrogens with one attached hydrogen (secondary N) is 1. The summed E-state index contributed by atoms with van der Waals surface area (Å²) in [6, 6.07) is 21.7. The van der Waals surface area contributed by atoms with Crippen molar-refractivity contribution in [3.8, 4) is 0 Å². The van der Waals surface area contributed by atoms with Gasteiger partial charge in [-0.3, -0.25) is 4.79 Å². The summed E-state index contributed by atoms with van der Waals surface area (Å²) >= 11 is 0. The number of rotatable bonds is 6. The normalized spacial score (nSPS) is 11.9. The lowest BCUT2D eigenvalue weighted by Crippen LogP contribution is -2.27. The van der Waals surface area contributed by atoms with Gasteiger partial charge in [0.1, 0.15) is 6.04 Å². The van der Waals surface area contributed by atoms with E-state index in [2.05, 4.69) is 30.4 Å². The topological polar surface area (TPSA) is 34.0 Å². The highest BCUT2D eigenvalue weighted by molar-refractivity contribution is 5.94. The second-order valence-electron chi connectivity index (χ2n) is 5.84. The summed E-state index contributed by atoms with van der Waals surface area (Å²) in [6.07, 6.45) is 5.44. The number of aromatic nitrogens is 1. The quantitative estimate of drug-likeness (QED) is 0.714. The molecule has 0 saturated carbocycles. The van der Waals surface area contributed by atoms with Crippen LogP contribution < -0.4 is 5.32 Å². The number of hydrogen-bond donors (Lipinski definition) is 1. The van der Waals surface area contributed by atoms with Crippen LogP contribution in [0.1, 0.15) is 24.1 Å². The molecule has 2 aromatic carbocycles. The van der Waals surface area contributed by atoms with Gasteiger partial charge in [0, 0.05) is 24.5 Å². The third-order valence-corrected chi connectivity index (χ3v) is 4.22. The predicted molar refractivity (Wildman–Crippen MR) is 98.1 cm³/mol. The van der Waals surface area contributed by atoms with Crippen LogP contribution in [0.4, 0.5) is 5.69 Å². The maximum Gasteiger partial charge on any atom is 0.247 e. The van der Waals surface area contributed by atoms with Gasteiger partial charge in [-0.1, -0.05) is 55.5 Å². The number of para-hydroxylation sites is 1. The molecule has 1 unspecified atom stereocenters. The number of anilines is 1. The van der Waals surface area contributed by atoms with Crippen LogP contribution in [0.25, 0.3) is 0 Å². The Morgan fingerprint density at radius 1 is 0.958 bits per heavy atom. The van der Waals surface area contributed by atoms with Crippen molar-refractivity contribution in [1.82, 2.24) is 4.57 Å². The van der Waals surface area contributed by atoms with Crippen molar-refractivity contribution in [2.75, 3.05) is 5.32 Å². The molecule has 1 heterocycles. The first kappa shape index (κ1) is 16.1. The van der Waals surface area contributed by atoms with E-state index in [4.69, 9.17) is 0 Å². The minimum atomic E-state index is -0.271. The van der Waals surface area contributed by atoms with Crippen LogP contribution in [0.2, 0.25) is 0 Å². The average Bonchev–Trinajstić information content (AvgIpc) is 3.15. The van der Waals surface area contributed by atoms with E-state index in [0.717, 1.165) is 23.2 Å². The Bertz CT molecular complexity index is 779. The van der Waals surface area contributed by atoms with Gasteiger partial charge in [0.2, 0.25) is 5.91 Å². The molecular formula is C21H22N2O. The Hall–Kier alpha value is -2.81. The van der Waals surface area contributed by atoms with E-state index < -0.39 is 0 Å². The smallest absolute Gasteiger partial charge is 0.247 e. The van der Waals surface area contributed by atoms with Gasteiger partial charge in [0.15, 0.2) is 0 Å². The van der Waals surface area contributed by atoms with Crippen LogP contribution in [0, 0.1) is 0 Å². The van der Waals surface area contributed by atoms with E-state index in [1.807, 2.05) is 65.5 Å². The number of amides is 1. The fourth-order valence-corrected chi connectivity index (χ4v) is 2.89. The molecule has 3 nitrogen and oxygen atoms in total. The van der Waals surface area contributed by atoms with E-state index in [1.54, 1.807) is 0 Å². The van der Waals surface area contributed by atoms with E-state index in [9.17, 15) is 4.79 Å². The van der Waals surface area contributed by atoms with Gasteiger partial charge >= 0.3 is 0 Å². The fraction of sp³-hybridized carbons (Fsp3) is 0.190. The molecule has 0 bridgehead atoms. The van der Waals surface area contributed by atoms with Gasteiger partial charge < -0.3 is 9.88 Å². The summed E-state index contributed by atoms with van der Waals surface area (Å²) in [7, 11) is 0. The molecule has 1 amide bonds. The Morgan fingerprint density at radius 2 is 1.62 bits per heavy atom. The van der Waals surface area contributed by atoms with Crippen molar-refractivity contribution in [2.45, 2.75) is 25.8 Å². The van der Waals surface area contributed by atoms with Crippen LogP contribution >= 0.6 is 0 Å². The molecule has 1 atom stereocenters. The molecule has 0 radical (unpaired) electrons. The maximum atomic E-state index is 13.0. The Labute approximate surface area is 143 Å². The minimum Gasteiger partial charge on any atom is -0.342 e. The molecule has 0 spiro atoms. The molecule has 0 saturated heterocycles. The highest BCUT2D eigenvalue weighted by Crippen LogP contribution is 2.20. The Balaban J connectivity index is 1.84. The van der Waals surface area contributed by atoms with Crippen molar-refractivity contribution in [1.29, 1.82) is 0 Å². The molecule has 0 aliphatic heterocycles. The van der Waals surface area contributed by atoms with E-state index in [0.29, 0.717) is 6.42 Å². The molecule has 1 aromatic heterocycles. The number of hydrogen-bond acceptors (Lipinski definition) is 1. The second-order valence-corrected chi connectivity index (χ2v) is 5.84. The van der Waals surface area contributed by atoms with Crippen LogP contribution in [-0.4, -0.2) is 10.5 Å². The summed E-state index contributed by atoms with van der Waals surface area (Å²) in [5.74, 6) is 0.0101. The van der Waals surface area contributed by atoms with Gasteiger partial charge in [-0.2, -0.15) is 0 Å². The van der Waals surface area contributed by atoms with Crippen molar-refractivity contribution in [2.24, 2.45) is 0 Å². The highest BCUT2D eigenvalue weighted by Gasteiger charge is 2.21. The first-order chi connectivity index (χ1) is 11.8. The summed E-state index contributed by atoms with van der Waals surface area (Å²) in [5, 5.41) is 3.11. The largest absolute Gasteiger partial charge is 0.342 e. The number of nitrogens with zero attached hydrogens (tertiary/aromatic N) is 1. The molecule has 3 rings (SSSR count). The SMILES string of the molecule is CCc1ccccc1NC(=O)C(Cc1ccccc1)n1cccc1. The van der Waals surface area contributed by atoms with Gasteiger partial charge in [0.25, 0.3) is 0 Å². The molecule has 24 heavy (non-hydrogen) atoms. The van der Waals surface area contributed by atoms with Gasteiger partial charge in [-0.25, -0.2) is 0 Å². The van der Waals surface area contributed by atoms with Crippen LogP contribution in [-0.2, 0) is 17.6 Å². The molecule has 3 heteroatoms. The molecular weight excluding hydrogens is 296 g/mol. The predicted octanol–water partition coefficient (Wildman–Crippen LogP) is 4.47. The number of benzene rings is 2. The van der Waals surface area contributed by atoms with Gasteiger partial charge in [0.05, 0.1) is 0 Å². The molecule has 0 aliphatic carbocycles. The van der Waals surface area contributed by atoms with Crippen LogP contribution in [0.3, 0.4) is 0 Å². The van der Waals surface area contributed by atoms with Crippen molar-refractivity contribution >= 4 is 11.6 Å². The van der Waals surface area contributed by atoms with E-state index in [1.165, 1.54) is 0 Å². The van der Waals surface area contributed by atoms with Crippen LogP contribution in [0.5, 0.6) is 0 Å². The first-order valence-electron chi connectivity index (χ1n) is 8.33. The zero-order chi connectivity index (χ0) is 16.8. The minimum absolute atomic E-state index is 0.0101. The average molecular weight is 318 g/mol. The third-order valence-electron chi connectivity index (χ3n) is 4.22. The van der Waals surface area contributed by atoms with E-state index >= 15 is 0 Å². The number of carbonyl (C=O) groups is 1. The number of carbonyl (C=O) groups excluding carboxylic acids is 1. The molecule has 0 aliphatic rings. The third kappa shape index (κ3) is 3.74. The highest BCUT2D eigenvalue weighted by atomic mass is 16.2. The van der Waals surface area contributed by atoms with Gasteiger partial charge in [-0.15, -0.1) is 0 Å². The van der Waals surface area contributed by atoms with Crippen molar-refractivity contribution in [3.63, 3.8) is 0 Å². The van der Waals surface area contributed by atoms with Crippen molar-refractivity contribution in [3.05, 3.63) is 90.3 Å². The van der Waals surface area contributed by atoms with Crippen LogP contribution in [0.15, 0.2) is 79.1 Å². The fourth-order valence-electron chi connectivity index (χ4n) is 2.89. The lowest BCUT2D eigenvalue weighted by atomic mass is 10.0. The summed E-state index contributed by atoms with van der Waals surface area (Å²) in [6.45, 7) is 2.10. The maximum absolute atomic E-state index is 13.0. The second kappa shape index (κ2) is 7.64. The summed E-state index contributed by atoms with van der Waals surface area (Å²) in [5.41, 5.74) is 3.20. The summed E-state index contributed by atoms with van der Waals surface area (Å²) in [4.78, 5) is 13.0. The van der Waals surface area contributed by atoms with Crippen molar-refractivity contribution < 1.29 is 4.79 Å². The molecule has 0 fully saturated rings. The lowest BCUT2D eigenvalue weighted by Gasteiger charge is -2.20. The molecule has 1 N–H and O–H groups in total. The van der Waals surface area contributed by atoms with E-state index in [-0.39, 0.29) is 11.9 Å². The Morgan fingerprint density at radius 3 is 2.33 bits per heavy atom. The standard InChI is InChI=1S/C21H22N2O/c1-2-18-12-6-7-13-19(18)22-21(24)20(23-14-8-9-15-23)16-17-10-4-3-5-11-17/h3-15,20H,2,16H2,1H3,(H,22,24). The Kier molecular flexibility index (Phi) is 5.12. The zero-order valence-corrected chi connectivity index (χ0v) is 13.9. The summed E-state index contributed by atoms with van der Waals surface area (Å²) < 4.78 is 1.97. The lowest BCUT2D eigenvalue weighted by molar-refractivity contribution is -0.119. The monoisotopic (exact) mass is 318 g/mol. The zero-order valence-electron chi connectivity index (χ0n) is 13.9. The van der Waals surface area contributed by atoms with Gasteiger partial charge in [-0.05, 0) is 35.7 Å².